The Morgan fingerprint density at radius 3 is 2.65 bits per heavy atom. The molecule has 2 rings (SSSR count). The molecule has 1 saturated carbocycles. The van der Waals surface area contributed by atoms with Crippen LogP contribution in [0, 0.1) is 10.1 Å². The molecule has 1 aliphatic rings. The number of nitrogens with zero attached hydrogens (tertiary/aromatic N) is 3. The Bertz CT molecular complexity index is 498. The van der Waals surface area contributed by atoms with Gasteiger partial charge in [-0.3, -0.25) is 10.1 Å². The zero-order chi connectivity index (χ0) is 14.8. The standard InChI is InChI=1S/C13H21N5O2/c1-17(2)13(7-3-4-8-13)9-15-12-10(18(19)20)5-6-11(14)16-12/h5-6H,3-4,7-9H2,1-2H3,(H3,14,15,16). The number of likely N-dealkylation sites (N-methyl/N-ethyl adjacent to an activating group) is 1. The van der Waals surface area contributed by atoms with Crippen LogP contribution in [0.3, 0.4) is 0 Å². The van der Waals surface area contributed by atoms with Crippen molar-refractivity contribution < 1.29 is 4.92 Å². The summed E-state index contributed by atoms with van der Waals surface area (Å²) >= 11 is 0. The van der Waals surface area contributed by atoms with Crippen molar-refractivity contribution >= 4 is 17.3 Å². The number of rotatable bonds is 5. The molecule has 1 fully saturated rings. The number of nitrogens with two attached hydrogens (primary N) is 1. The first-order chi connectivity index (χ1) is 9.44. The largest absolute Gasteiger partial charge is 0.384 e. The van der Waals surface area contributed by atoms with E-state index in [1.54, 1.807) is 0 Å². The molecule has 0 bridgehead atoms. The van der Waals surface area contributed by atoms with E-state index in [4.69, 9.17) is 5.73 Å². The van der Waals surface area contributed by atoms with Gasteiger partial charge < -0.3 is 16.0 Å². The second kappa shape index (κ2) is 5.62. The van der Waals surface area contributed by atoms with Gasteiger partial charge in [-0.15, -0.1) is 0 Å². The van der Waals surface area contributed by atoms with Crippen molar-refractivity contribution in [3.63, 3.8) is 0 Å². The van der Waals surface area contributed by atoms with Gasteiger partial charge in [0, 0.05) is 18.2 Å². The zero-order valence-corrected chi connectivity index (χ0v) is 11.9. The number of hydrogen-bond donors (Lipinski definition) is 2. The zero-order valence-electron chi connectivity index (χ0n) is 11.9. The highest BCUT2D eigenvalue weighted by atomic mass is 16.6. The van der Waals surface area contributed by atoms with Crippen molar-refractivity contribution in [2.75, 3.05) is 31.7 Å². The topological polar surface area (TPSA) is 97.3 Å². The Kier molecular flexibility index (Phi) is 4.08. The molecule has 0 amide bonds. The van der Waals surface area contributed by atoms with E-state index in [2.05, 4.69) is 15.2 Å². The highest BCUT2D eigenvalue weighted by Crippen LogP contribution is 2.34. The summed E-state index contributed by atoms with van der Waals surface area (Å²) in [5.74, 6) is 0.534. The molecule has 0 aliphatic heterocycles. The number of nitro groups is 1. The number of hydrogen-bond acceptors (Lipinski definition) is 6. The minimum absolute atomic E-state index is 0.0360. The van der Waals surface area contributed by atoms with E-state index in [1.165, 1.54) is 25.0 Å². The molecule has 110 valence electrons. The molecule has 0 atom stereocenters. The summed E-state index contributed by atoms with van der Waals surface area (Å²) in [5.41, 5.74) is 5.63. The smallest absolute Gasteiger partial charge is 0.311 e. The summed E-state index contributed by atoms with van der Waals surface area (Å²) in [7, 11) is 4.10. The minimum atomic E-state index is -0.439. The van der Waals surface area contributed by atoms with E-state index < -0.39 is 4.92 Å². The number of nitrogen functional groups attached to an aromatic ring is 1. The van der Waals surface area contributed by atoms with Gasteiger partial charge >= 0.3 is 5.69 Å². The van der Waals surface area contributed by atoms with Crippen LogP contribution in [0.2, 0.25) is 0 Å². The lowest BCUT2D eigenvalue weighted by atomic mass is 9.96. The predicted octanol–water partition coefficient (Wildman–Crippen LogP) is 1.86. The van der Waals surface area contributed by atoms with Crippen LogP contribution < -0.4 is 11.1 Å². The molecule has 0 aromatic carbocycles. The summed E-state index contributed by atoms with van der Waals surface area (Å²) in [6.45, 7) is 0.636. The maximum absolute atomic E-state index is 11.0. The fourth-order valence-corrected chi connectivity index (χ4v) is 2.81. The second-order valence-electron chi connectivity index (χ2n) is 5.54. The van der Waals surface area contributed by atoms with Gasteiger partial charge in [0.25, 0.3) is 0 Å². The van der Waals surface area contributed by atoms with Crippen molar-refractivity contribution in [3.05, 3.63) is 22.2 Å². The van der Waals surface area contributed by atoms with Crippen molar-refractivity contribution in [2.24, 2.45) is 0 Å². The van der Waals surface area contributed by atoms with Gasteiger partial charge in [-0.05, 0) is 33.0 Å². The molecule has 1 aliphatic carbocycles. The Labute approximate surface area is 118 Å². The Morgan fingerprint density at radius 2 is 2.10 bits per heavy atom. The molecular weight excluding hydrogens is 258 g/mol. The third-order valence-electron chi connectivity index (χ3n) is 4.16. The highest BCUT2D eigenvalue weighted by Gasteiger charge is 2.36. The first-order valence-electron chi connectivity index (χ1n) is 6.77. The van der Waals surface area contributed by atoms with E-state index in [-0.39, 0.29) is 22.9 Å². The molecule has 1 aromatic heterocycles. The van der Waals surface area contributed by atoms with Crippen LogP contribution in [0.4, 0.5) is 17.3 Å². The fourth-order valence-electron chi connectivity index (χ4n) is 2.81. The summed E-state index contributed by atoms with van der Waals surface area (Å²) in [6.07, 6.45) is 4.55. The van der Waals surface area contributed by atoms with Gasteiger partial charge in [0.1, 0.15) is 5.82 Å². The van der Waals surface area contributed by atoms with Crippen LogP contribution in [-0.4, -0.2) is 41.0 Å². The van der Waals surface area contributed by atoms with Crippen molar-refractivity contribution in [1.82, 2.24) is 9.88 Å². The number of anilines is 2. The van der Waals surface area contributed by atoms with Crippen LogP contribution in [0.25, 0.3) is 0 Å². The fraction of sp³-hybridized carbons (Fsp3) is 0.615. The van der Waals surface area contributed by atoms with Gasteiger partial charge in [-0.25, -0.2) is 4.98 Å². The maximum atomic E-state index is 11.0. The highest BCUT2D eigenvalue weighted by molar-refractivity contribution is 5.59. The summed E-state index contributed by atoms with van der Waals surface area (Å²) in [6, 6.07) is 2.84. The SMILES string of the molecule is CN(C)C1(CNc2nc(N)ccc2[N+](=O)[O-])CCCC1. The Morgan fingerprint density at radius 1 is 1.45 bits per heavy atom. The first kappa shape index (κ1) is 14.5. The molecule has 1 heterocycles. The molecule has 0 spiro atoms. The van der Waals surface area contributed by atoms with Gasteiger partial charge in [0.05, 0.1) is 4.92 Å². The van der Waals surface area contributed by atoms with Gasteiger partial charge in [0.15, 0.2) is 0 Å². The lowest BCUT2D eigenvalue weighted by Crippen LogP contribution is -2.47. The second-order valence-corrected chi connectivity index (χ2v) is 5.54. The van der Waals surface area contributed by atoms with Crippen LogP contribution in [0.15, 0.2) is 12.1 Å². The number of nitrogens with one attached hydrogen (secondary N) is 1. The molecule has 7 nitrogen and oxygen atoms in total. The van der Waals surface area contributed by atoms with Gasteiger partial charge in [-0.1, -0.05) is 12.8 Å². The average molecular weight is 279 g/mol. The Hall–Kier alpha value is -1.89. The van der Waals surface area contributed by atoms with Gasteiger partial charge in [-0.2, -0.15) is 0 Å². The third kappa shape index (κ3) is 2.82. The molecule has 3 N–H and O–H groups in total. The van der Waals surface area contributed by atoms with Crippen LogP contribution in [0.1, 0.15) is 25.7 Å². The summed E-state index contributed by atoms with van der Waals surface area (Å²) in [5, 5.41) is 14.1. The van der Waals surface area contributed by atoms with Gasteiger partial charge in [0.2, 0.25) is 5.82 Å². The molecule has 0 saturated heterocycles. The molecule has 1 aromatic rings. The van der Waals surface area contributed by atoms with Crippen molar-refractivity contribution in [2.45, 2.75) is 31.2 Å². The van der Waals surface area contributed by atoms with E-state index in [0.29, 0.717) is 6.54 Å². The summed E-state index contributed by atoms with van der Waals surface area (Å²) < 4.78 is 0. The van der Waals surface area contributed by atoms with E-state index in [0.717, 1.165) is 12.8 Å². The van der Waals surface area contributed by atoms with E-state index in [9.17, 15) is 10.1 Å². The maximum Gasteiger partial charge on any atom is 0.311 e. The van der Waals surface area contributed by atoms with E-state index in [1.807, 2.05) is 14.1 Å². The van der Waals surface area contributed by atoms with Crippen LogP contribution >= 0.6 is 0 Å². The molecule has 0 unspecified atom stereocenters. The molecular formula is C13H21N5O2. The normalized spacial score (nSPS) is 17.4. The monoisotopic (exact) mass is 279 g/mol. The summed E-state index contributed by atoms with van der Waals surface area (Å²) in [4.78, 5) is 16.8. The first-order valence-corrected chi connectivity index (χ1v) is 6.77. The van der Waals surface area contributed by atoms with Crippen LogP contribution in [-0.2, 0) is 0 Å². The lowest BCUT2D eigenvalue weighted by molar-refractivity contribution is -0.384. The quantitative estimate of drug-likeness (QED) is 0.630. The minimum Gasteiger partial charge on any atom is -0.384 e. The van der Waals surface area contributed by atoms with Crippen molar-refractivity contribution in [3.8, 4) is 0 Å². The average Bonchev–Trinajstić information content (AvgIpc) is 2.86. The lowest BCUT2D eigenvalue weighted by Gasteiger charge is -2.36. The van der Waals surface area contributed by atoms with Crippen LogP contribution in [0.5, 0.6) is 0 Å². The number of pyridine rings is 1. The molecule has 20 heavy (non-hydrogen) atoms. The number of aromatic nitrogens is 1. The van der Waals surface area contributed by atoms with E-state index >= 15 is 0 Å². The predicted molar refractivity (Wildman–Crippen MR) is 78.7 cm³/mol. The van der Waals surface area contributed by atoms with Crippen molar-refractivity contribution in [1.29, 1.82) is 0 Å². The molecule has 0 radical (unpaired) electrons. The Balaban J connectivity index is 2.17. The molecule has 7 heteroatoms. The third-order valence-corrected chi connectivity index (χ3v) is 4.16.